The van der Waals surface area contributed by atoms with Crippen LogP contribution in [0.15, 0.2) is 12.1 Å². The molecule has 2 nitrogen and oxygen atoms in total. The zero-order valence-electron chi connectivity index (χ0n) is 10.7. The van der Waals surface area contributed by atoms with Crippen LogP contribution in [0.3, 0.4) is 0 Å². The van der Waals surface area contributed by atoms with Gasteiger partial charge in [0, 0.05) is 5.92 Å². The number of nitrogen functional groups attached to an aromatic ring is 1. The number of aryl methyl sites for hydroxylation is 1. The van der Waals surface area contributed by atoms with Gasteiger partial charge in [0.25, 0.3) is 0 Å². The molecule has 17 heavy (non-hydrogen) atoms. The van der Waals surface area contributed by atoms with Gasteiger partial charge in [-0.25, -0.2) is 0 Å². The standard InChI is InChI=1S/C14H20ClNO/c1-4-5-12(10(3)17)7-11-6-9(2)14(16)13(15)8-11/h6,8,12H,4-5,7,16H2,1-3H3/t12-/m1/s1. The topological polar surface area (TPSA) is 43.1 Å². The summed E-state index contributed by atoms with van der Waals surface area (Å²) in [7, 11) is 0. The fourth-order valence-electron chi connectivity index (χ4n) is 2.03. The number of Topliss-reactive ketones (excluding diaryl/α,β-unsaturated/α-hetero) is 1. The lowest BCUT2D eigenvalue weighted by Crippen LogP contribution is -2.14. The molecule has 0 aromatic heterocycles. The van der Waals surface area contributed by atoms with Crippen LogP contribution in [0.2, 0.25) is 5.02 Å². The number of nitrogens with two attached hydrogens (primary N) is 1. The largest absolute Gasteiger partial charge is 0.397 e. The molecule has 0 amide bonds. The van der Waals surface area contributed by atoms with Crippen molar-refractivity contribution in [3.63, 3.8) is 0 Å². The third-order valence-electron chi connectivity index (χ3n) is 3.09. The summed E-state index contributed by atoms with van der Waals surface area (Å²) in [6.07, 6.45) is 2.70. The second-order valence-electron chi connectivity index (χ2n) is 4.61. The maximum atomic E-state index is 11.5. The number of anilines is 1. The van der Waals surface area contributed by atoms with Gasteiger partial charge >= 0.3 is 0 Å². The lowest BCUT2D eigenvalue weighted by atomic mass is 9.91. The molecule has 0 saturated carbocycles. The molecule has 1 atom stereocenters. The van der Waals surface area contributed by atoms with E-state index in [1.165, 1.54) is 0 Å². The Labute approximate surface area is 108 Å². The molecular weight excluding hydrogens is 234 g/mol. The summed E-state index contributed by atoms with van der Waals surface area (Å²) in [6.45, 7) is 5.69. The molecule has 94 valence electrons. The van der Waals surface area contributed by atoms with Gasteiger partial charge in [-0.2, -0.15) is 0 Å². The van der Waals surface area contributed by atoms with Crippen LogP contribution < -0.4 is 5.73 Å². The average Bonchev–Trinajstić information content (AvgIpc) is 2.25. The van der Waals surface area contributed by atoms with Crippen LogP contribution in [0.4, 0.5) is 5.69 Å². The quantitative estimate of drug-likeness (QED) is 0.812. The van der Waals surface area contributed by atoms with Gasteiger partial charge < -0.3 is 5.73 Å². The van der Waals surface area contributed by atoms with Gasteiger partial charge in [0.1, 0.15) is 5.78 Å². The monoisotopic (exact) mass is 253 g/mol. The van der Waals surface area contributed by atoms with Crippen molar-refractivity contribution in [2.75, 3.05) is 5.73 Å². The van der Waals surface area contributed by atoms with Gasteiger partial charge in [0.2, 0.25) is 0 Å². The minimum atomic E-state index is 0.0964. The predicted octanol–water partition coefficient (Wildman–Crippen LogP) is 3.78. The summed E-state index contributed by atoms with van der Waals surface area (Å²) >= 11 is 6.05. The molecular formula is C14H20ClNO. The lowest BCUT2D eigenvalue weighted by Gasteiger charge is -2.14. The Morgan fingerprint density at radius 1 is 1.47 bits per heavy atom. The first kappa shape index (κ1) is 14.0. The fraction of sp³-hybridized carbons (Fsp3) is 0.500. The molecule has 1 rings (SSSR count). The van der Waals surface area contributed by atoms with E-state index in [0.717, 1.165) is 30.4 Å². The van der Waals surface area contributed by atoms with Crippen molar-refractivity contribution in [1.82, 2.24) is 0 Å². The minimum absolute atomic E-state index is 0.0964. The Bertz CT molecular complexity index is 392. The number of hydrogen-bond donors (Lipinski definition) is 1. The van der Waals surface area contributed by atoms with Gasteiger partial charge in [-0.1, -0.05) is 31.0 Å². The average molecular weight is 254 g/mol. The number of halogens is 1. The Hall–Kier alpha value is -1.02. The van der Waals surface area contributed by atoms with Crippen LogP contribution >= 0.6 is 11.6 Å². The Balaban J connectivity index is 2.90. The minimum Gasteiger partial charge on any atom is -0.397 e. The van der Waals surface area contributed by atoms with Crippen molar-refractivity contribution in [2.24, 2.45) is 5.92 Å². The molecule has 3 heteroatoms. The van der Waals surface area contributed by atoms with Gasteiger partial charge in [0.05, 0.1) is 10.7 Å². The molecule has 0 heterocycles. The first-order valence-corrected chi connectivity index (χ1v) is 6.38. The van der Waals surface area contributed by atoms with E-state index < -0.39 is 0 Å². The van der Waals surface area contributed by atoms with Crippen molar-refractivity contribution < 1.29 is 4.79 Å². The number of benzene rings is 1. The molecule has 0 aliphatic heterocycles. The molecule has 0 spiro atoms. The molecule has 2 N–H and O–H groups in total. The zero-order valence-corrected chi connectivity index (χ0v) is 11.5. The number of carbonyl (C=O) groups is 1. The van der Waals surface area contributed by atoms with E-state index in [9.17, 15) is 4.79 Å². The molecule has 0 aliphatic carbocycles. The fourth-order valence-corrected chi connectivity index (χ4v) is 2.32. The molecule has 0 bridgehead atoms. The van der Waals surface area contributed by atoms with Gasteiger partial charge in [-0.15, -0.1) is 0 Å². The third-order valence-corrected chi connectivity index (χ3v) is 3.40. The summed E-state index contributed by atoms with van der Waals surface area (Å²) < 4.78 is 0. The molecule has 0 aliphatic rings. The van der Waals surface area contributed by atoms with E-state index in [2.05, 4.69) is 6.92 Å². The van der Waals surface area contributed by atoms with E-state index in [4.69, 9.17) is 17.3 Å². The third kappa shape index (κ3) is 3.74. The van der Waals surface area contributed by atoms with Crippen LogP contribution in [0.5, 0.6) is 0 Å². The van der Waals surface area contributed by atoms with E-state index in [1.54, 1.807) is 6.92 Å². The second-order valence-corrected chi connectivity index (χ2v) is 5.02. The first-order valence-electron chi connectivity index (χ1n) is 6.00. The number of rotatable bonds is 5. The highest BCUT2D eigenvalue weighted by Gasteiger charge is 2.15. The van der Waals surface area contributed by atoms with Gasteiger partial charge in [0.15, 0.2) is 0 Å². The molecule has 1 aromatic rings. The summed E-state index contributed by atoms with van der Waals surface area (Å²) in [4.78, 5) is 11.5. The number of carbonyl (C=O) groups excluding carboxylic acids is 1. The van der Waals surface area contributed by atoms with Crippen molar-refractivity contribution in [3.8, 4) is 0 Å². The van der Waals surface area contributed by atoms with Gasteiger partial charge in [-0.3, -0.25) is 4.79 Å². The highest BCUT2D eigenvalue weighted by molar-refractivity contribution is 6.33. The van der Waals surface area contributed by atoms with Crippen LogP contribution in [0.1, 0.15) is 37.8 Å². The number of hydrogen-bond acceptors (Lipinski definition) is 2. The van der Waals surface area contributed by atoms with Crippen molar-refractivity contribution in [3.05, 3.63) is 28.3 Å². The SMILES string of the molecule is CCC[C@H](Cc1cc(C)c(N)c(Cl)c1)C(C)=O. The van der Waals surface area contributed by atoms with E-state index >= 15 is 0 Å². The maximum Gasteiger partial charge on any atom is 0.133 e. The molecule has 1 aromatic carbocycles. The van der Waals surface area contributed by atoms with Crippen molar-refractivity contribution in [2.45, 2.75) is 40.0 Å². The Morgan fingerprint density at radius 3 is 2.59 bits per heavy atom. The smallest absolute Gasteiger partial charge is 0.133 e. The summed E-state index contributed by atoms with van der Waals surface area (Å²) in [5.74, 6) is 0.344. The molecule has 0 radical (unpaired) electrons. The van der Waals surface area contributed by atoms with E-state index in [1.807, 2.05) is 19.1 Å². The van der Waals surface area contributed by atoms with Crippen molar-refractivity contribution >= 4 is 23.1 Å². The Morgan fingerprint density at radius 2 is 2.12 bits per heavy atom. The number of ketones is 1. The molecule has 0 fully saturated rings. The van der Waals surface area contributed by atoms with E-state index in [-0.39, 0.29) is 11.7 Å². The van der Waals surface area contributed by atoms with Crippen molar-refractivity contribution in [1.29, 1.82) is 0 Å². The van der Waals surface area contributed by atoms with Crippen LogP contribution in [-0.2, 0) is 11.2 Å². The molecule has 0 unspecified atom stereocenters. The van der Waals surface area contributed by atoms with Crippen LogP contribution in [-0.4, -0.2) is 5.78 Å². The molecule has 0 saturated heterocycles. The summed E-state index contributed by atoms with van der Waals surface area (Å²) in [6, 6.07) is 3.89. The lowest BCUT2D eigenvalue weighted by molar-refractivity contribution is -0.120. The van der Waals surface area contributed by atoms with Crippen LogP contribution in [0, 0.1) is 12.8 Å². The predicted molar refractivity (Wildman–Crippen MR) is 73.4 cm³/mol. The highest BCUT2D eigenvalue weighted by Crippen LogP contribution is 2.26. The van der Waals surface area contributed by atoms with Gasteiger partial charge in [-0.05, 0) is 43.9 Å². The van der Waals surface area contributed by atoms with Crippen LogP contribution in [0.25, 0.3) is 0 Å². The Kier molecular flexibility index (Phi) is 5.01. The maximum absolute atomic E-state index is 11.5. The second kappa shape index (κ2) is 6.06. The first-order chi connectivity index (χ1) is 7.95. The highest BCUT2D eigenvalue weighted by atomic mass is 35.5. The van der Waals surface area contributed by atoms with E-state index in [0.29, 0.717) is 10.7 Å². The normalized spacial score (nSPS) is 12.5. The zero-order chi connectivity index (χ0) is 13.0. The summed E-state index contributed by atoms with van der Waals surface area (Å²) in [5.41, 5.74) is 8.50. The summed E-state index contributed by atoms with van der Waals surface area (Å²) in [5, 5.41) is 0.582.